The number of alkyl halides is 3. The molecule has 0 bridgehead atoms. The van der Waals surface area contributed by atoms with E-state index in [1.54, 1.807) is 6.07 Å². The number of halogens is 3. The van der Waals surface area contributed by atoms with Crippen LogP contribution in [0.4, 0.5) is 13.2 Å². The first kappa shape index (κ1) is 18.0. The van der Waals surface area contributed by atoms with Gasteiger partial charge in [0.1, 0.15) is 0 Å². The Balaban J connectivity index is 2.56. The Morgan fingerprint density at radius 1 is 1.00 bits per heavy atom. The van der Waals surface area contributed by atoms with Crippen LogP contribution >= 0.6 is 0 Å². The van der Waals surface area contributed by atoms with Gasteiger partial charge >= 0.3 is 6.18 Å². The molecule has 0 radical (unpaired) electrons. The number of hydrogen-bond acceptors (Lipinski definition) is 1. The Kier molecular flexibility index (Phi) is 6.72. The molecule has 0 heterocycles. The zero-order valence-corrected chi connectivity index (χ0v) is 13.3. The summed E-state index contributed by atoms with van der Waals surface area (Å²) in [5, 5.41) is 3.41. The molecule has 0 amide bonds. The van der Waals surface area contributed by atoms with Gasteiger partial charge in [0.2, 0.25) is 0 Å². The zero-order chi connectivity index (χ0) is 16.0. The Bertz CT molecular complexity index is 426. The van der Waals surface area contributed by atoms with E-state index >= 15 is 0 Å². The molecule has 2 unspecified atom stereocenters. The van der Waals surface area contributed by atoms with E-state index < -0.39 is 11.7 Å². The Labute approximate surface area is 125 Å². The van der Waals surface area contributed by atoms with Crippen LogP contribution in [0.2, 0.25) is 0 Å². The summed E-state index contributed by atoms with van der Waals surface area (Å²) in [7, 11) is 0. The van der Waals surface area contributed by atoms with Crippen molar-refractivity contribution in [2.24, 2.45) is 17.8 Å². The van der Waals surface area contributed by atoms with Crippen LogP contribution in [0.3, 0.4) is 0 Å². The molecule has 1 rings (SSSR count). The van der Waals surface area contributed by atoms with Crippen molar-refractivity contribution in [3.63, 3.8) is 0 Å². The maximum atomic E-state index is 12.7. The van der Waals surface area contributed by atoms with Crippen LogP contribution in [0, 0.1) is 17.8 Å². The van der Waals surface area contributed by atoms with Crippen molar-refractivity contribution in [2.75, 3.05) is 13.1 Å². The predicted molar refractivity (Wildman–Crippen MR) is 81.2 cm³/mol. The molecule has 0 aliphatic carbocycles. The second-order valence-corrected chi connectivity index (χ2v) is 6.41. The summed E-state index contributed by atoms with van der Waals surface area (Å²) >= 11 is 0. The van der Waals surface area contributed by atoms with E-state index in [1.165, 1.54) is 12.1 Å². The molecule has 0 saturated carbocycles. The van der Waals surface area contributed by atoms with E-state index in [1.807, 2.05) is 0 Å². The molecule has 1 aromatic carbocycles. The van der Waals surface area contributed by atoms with Crippen LogP contribution in [0.5, 0.6) is 0 Å². The molecular formula is C17H26F3N. The lowest BCUT2D eigenvalue weighted by molar-refractivity contribution is -0.137. The fraction of sp³-hybridized carbons (Fsp3) is 0.647. The summed E-state index contributed by atoms with van der Waals surface area (Å²) in [6.45, 7) is 10.4. The molecule has 2 atom stereocenters. The van der Waals surface area contributed by atoms with Gasteiger partial charge in [-0.1, -0.05) is 45.9 Å². The van der Waals surface area contributed by atoms with E-state index in [4.69, 9.17) is 0 Å². The standard InChI is InChI=1S/C17H26F3N/c1-12(2)10-21-11-14(4)13(3)8-15-6-5-7-16(9-15)17(18,19)20/h5-7,9,12-14,21H,8,10-11H2,1-4H3. The average Bonchev–Trinajstić information content (AvgIpc) is 2.37. The lowest BCUT2D eigenvalue weighted by Crippen LogP contribution is -2.28. The SMILES string of the molecule is CC(C)CNCC(C)C(C)Cc1cccc(C(F)(F)F)c1. The minimum atomic E-state index is -4.26. The minimum absolute atomic E-state index is 0.341. The fourth-order valence-corrected chi connectivity index (χ4v) is 2.25. The average molecular weight is 301 g/mol. The van der Waals surface area contributed by atoms with Gasteiger partial charge in [-0.3, -0.25) is 0 Å². The summed E-state index contributed by atoms with van der Waals surface area (Å²) in [5.74, 6) is 1.38. The van der Waals surface area contributed by atoms with Gasteiger partial charge < -0.3 is 5.32 Å². The number of rotatable bonds is 7. The first-order chi connectivity index (χ1) is 9.70. The number of benzene rings is 1. The normalized spacial score (nSPS) is 15.2. The second-order valence-electron chi connectivity index (χ2n) is 6.41. The first-order valence-corrected chi connectivity index (χ1v) is 7.57. The molecule has 0 aromatic heterocycles. The van der Waals surface area contributed by atoms with Crippen molar-refractivity contribution in [3.8, 4) is 0 Å². The third-order valence-electron chi connectivity index (χ3n) is 3.80. The smallest absolute Gasteiger partial charge is 0.316 e. The molecule has 0 spiro atoms. The van der Waals surface area contributed by atoms with E-state index in [2.05, 4.69) is 33.0 Å². The molecule has 0 aliphatic rings. The van der Waals surface area contributed by atoms with Crippen LogP contribution in [-0.4, -0.2) is 13.1 Å². The predicted octanol–water partition coefficient (Wildman–Crippen LogP) is 4.77. The third-order valence-corrected chi connectivity index (χ3v) is 3.80. The topological polar surface area (TPSA) is 12.0 Å². The molecule has 1 nitrogen and oxygen atoms in total. The van der Waals surface area contributed by atoms with Gasteiger partial charge in [-0.15, -0.1) is 0 Å². The quantitative estimate of drug-likeness (QED) is 0.765. The van der Waals surface area contributed by atoms with E-state index in [0.29, 0.717) is 24.2 Å². The Hall–Kier alpha value is -1.03. The van der Waals surface area contributed by atoms with Crippen LogP contribution in [0.25, 0.3) is 0 Å². The number of hydrogen-bond donors (Lipinski definition) is 1. The maximum Gasteiger partial charge on any atom is 0.416 e. The van der Waals surface area contributed by atoms with Crippen LogP contribution in [-0.2, 0) is 12.6 Å². The van der Waals surface area contributed by atoms with Gasteiger partial charge in [-0.25, -0.2) is 0 Å². The summed E-state index contributed by atoms with van der Waals surface area (Å²) < 4.78 is 38.1. The molecule has 21 heavy (non-hydrogen) atoms. The monoisotopic (exact) mass is 301 g/mol. The van der Waals surface area contributed by atoms with Crippen molar-refractivity contribution < 1.29 is 13.2 Å². The van der Waals surface area contributed by atoms with E-state index in [0.717, 1.165) is 24.7 Å². The van der Waals surface area contributed by atoms with Crippen LogP contribution < -0.4 is 5.32 Å². The highest BCUT2D eigenvalue weighted by Gasteiger charge is 2.30. The number of nitrogens with one attached hydrogen (secondary N) is 1. The maximum absolute atomic E-state index is 12.7. The van der Waals surface area contributed by atoms with Gasteiger partial charge in [-0.05, 0) is 48.9 Å². The minimum Gasteiger partial charge on any atom is -0.316 e. The van der Waals surface area contributed by atoms with Crippen molar-refractivity contribution in [3.05, 3.63) is 35.4 Å². The molecule has 120 valence electrons. The molecular weight excluding hydrogens is 275 g/mol. The van der Waals surface area contributed by atoms with Crippen molar-refractivity contribution in [2.45, 2.75) is 40.3 Å². The first-order valence-electron chi connectivity index (χ1n) is 7.57. The van der Waals surface area contributed by atoms with Gasteiger partial charge in [0.25, 0.3) is 0 Å². The highest BCUT2D eigenvalue weighted by Crippen LogP contribution is 2.30. The second kappa shape index (κ2) is 7.83. The highest BCUT2D eigenvalue weighted by atomic mass is 19.4. The lowest BCUT2D eigenvalue weighted by atomic mass is 9.89. The zero-order valence-electron chi connectivity index (χ0n) is 13.3. The van der Waals surface area contributed by atoms with E-state index in [9.17, 15) is 13.2 Å². The Morgan fingerprint density at radius 2 is 1.67 bits per heavy atom. The van der Waals surface area contributed by atoms with Gasteiger partial charge in [0, 0.05) is 0 Å². The summed E-state index contributed by atoms with van der Waals surface area (Å²) in [4.78, 5) is 0. The fourth-order valence-electron chi connectivity index (χ4n) is 2.25. The lowest BCUT2D eigenvalue weighted by Gasteiger charge is -2.21. The van der Waals surface area contributed by atoms with Gasteiger partial charge in [0.05, 0.1) is 5.56 Å². The molecule has 1 aromatic rings. The van der Waals surface area contributed by atoms with Crippen molar-refractivity contribution in [1.82, 2.24) is 5.32 Å². The summed E-state index contributed by atoms with van der Waals surface area (Å²) in [6, 6.07) is 5.67. The molecule has 0 fully saturated rings. The van der Waals surface area contributed by atoms with Crippen LogP contribution in [0.1, 0.15) is 38.8 Å². The largest absolute Gasteiger partial charge is 0.416 e. The summed E-state index contributed by atoms with van der Waals surface area (Å²) in [6.07, 6.45) is -3.59. The van der Waals surface area contributed by atoms with Gasteiger partial charge in [-0.2, -0.15) is 13.2 Å². The van der Waals surface area contributed by atoms with Crippen molar-refractivity contribution >= 4 is 0 Å². The molecule has 4 heteroatoms. The summed E-state index contributed by atoms with van der Waals surface area (Å²) in [5.41, 5.74) is 0.200. The highest BCUT2D eigenvalue weighted by molar-refractivity contribution is 5.26. The molecule has 1 N–H and O–H groups in total. The Morgan fingerprint density at radius 3 is 2.24 bits per heavy atom. The van der Waals surface area contributed by atoms with E-state index in [-0.39, 0.29) is 0 Å². The van der Waals surface area contributed by atoms with Gasteiger partial charge in [0.15, 0.2) is 0 Å². The third kappa shape index (κ3) is 6.51. The van der Waals surface area contributed by atoms with Crippen molar-refractivity contribution in [1.29, 1.82) is 0 Å². The molecule has 0 aliphatic heterocycles. The molecule has 0 saturated heterocycles. The van der Waals surface area contributed by atoms with Crippen LogP contribution in [0.15, 0.2) is 24.3 Å².